The summed E-state index contributed by atoms with van der Waals surface area (Å²) in [5.74, 6) is -0.272. The number of rotatable bonds is 3. The number of hydrogen-bond acceptors (Lipinski definition) is 1. The molecule has 0 aliphatic rings. The number of aliphatic hydroxyl groups is 1. The molecule has 1 rings (SSSR count). The molecule has 0 fully saturated rings. The maximum Gasteiger partial charge on any atom is 0.123 e. The summed E-state index contributed by atoms with van der Waals surface area (Å²) in [7, 11) is 0. The average molecular weight is 167 g/mol. The van der Waals surface area contributed by atoms with Gasteiger partial charge in [-0.2, -0.15) is 0 Å². The van der Waals surface area contributed by atoms with E-state index in [2.05, 4.69) is 0 Å². The fourth-order valence-electron chi connectivity index (χ4n) is 1.04. The molecule has 1 aromatic rings. The molecule has 0 amide bonds. The Balaban J connectivity index is 2.68. The quantitative estimate of drug-likeness (QED) is 0.733. The van der Waals surface area contributed by atoms with Gasteiger partial charge in [-0.15, -0.1) is 0 Å². The lowest BCUT2D eigenvalue weighted by Crippen LogP contribution is -1.96. The van der Waals surface area contributed by atoms with Gasteiger partial charge in [-0.3, -0.25) is 0 Å². The highest BCUT2D eigenvalue weighted by molar-refractivity contribution is 5.18. The van der Waals surface area contributed by atoms with Gasteiger partial charge >= 0.3 is 0 Å². The van der Waals surface area contributed by atoms with Crippen LogP contribution in [0.3, 0.4) is 0 Å². The van der Waals surface area contributed by atoms with Gasteiger partial charge in [-0.05, 0) is 30.5 Å². The van der Waals surface area contributed by atoms with Crippen LogP contribution in [-0.4, -0.2) is 5.11 Å². The van der Waals surface area contributed by atoms with Crippen molar-refractivity contribution in [2.45, 2.75) is 19.4 Å². The van der Waals surface area contributed by atoms with Crippen molar-refractivity contribution >= 4 is 0 Å². The lowest BCUT2D eigenvalue weighted by Gasteiger charge is -2.08. The molecule has 1 N–H and O–H groups in total. The molecular weight excluding hydrogens is 155 g/mol. The summed E-state index contributed by atoms with van der Waals surface area (Å²) in [5.41, 5.74) is 0.759. The van der Waals surface area contributed by atoms with Crippen molar-refractivity contribution in [2.24, 2.45) is 0 Å². The monoisotopic (exact) mass is 167 g/mol. The molecule has 0 heterocycles. The van der Waals surface area contributed by atoms with E-state index in [1.807, 2.05) is 13.3 Å². The number of halogens is 1. The molecule has 1 unspecified atom stereocenters. The van der Waals surface area contributed by atoms with Crippen molar-refractivity contribution in [3.63, 3.8) is 0 Å². The molecule has 1 nitrogen and oxygen atoms in total. The molecule has 0 bridgehead atoms. The zero-order chi connectivity index (χ0) is 8.97. The third-order valence-electron chi connectivity index (χ3n) is 1.71. The Morgan fingerprint density at radius 3 is 2.50 bits per heavy atom. The van der Waals surface area contributed by atoms with Crippen LogP contribution in [0.1, 0.15) is 25.0 Å². The van der Waals surface area contributed by atoms with E-state index in [9.17, 15) is 9.50 Å². The van der Waals surface area contributed by atoms with Crippen LogP contribution in [0.2, 0.25) is 0 Å². The largest absolute Gasteiger partial charge is 0.388 e. The Hall–Kier alpha value is -0.890. The first kappa shape index (κ1) is 9.20. The van der Waals surface area contributed by atoms with Crippen molar-refractivity contribution in [1.82, 2.24) is 0 Å². The summed E-state index contributed by atoms with van der Waals surface area (Å²) in [6.07, 6.45) is 1.98. The van der Waals surface area contributed by atoms with E-state index in [4.69, 9.17) is 0 Å². The lowest BCUT2D eigenvalue weighted by molar-refractivity contribution is 0.177. The number of benzene rings is 1. The Morgan fingerprint density at radius 2 is 2.00 bits per heavy atom. The van der Waals surface area contributed by atoms with Crippen LogP contribution < -0.4 is 0 Å². The van der Waals surface area contributed by atoms with E-state index >= 15 is 0 Å². The summed E-state index contributed by atoms with van der Waals surface area (Å²) >= 11 is 0. The Morgan fingerprint density at radius 1 is 1.42 bits per heavy atom. The van der Waals surface area contributed by atoms with Crippen LogP contribution in [0.25, 0.3) is 0 Å². The summed E-state index contributed by atoms with van der Waals surface area (Å²) in [6.45, 7) is 1.88. The zero-order valence-corrected chi connectivity index (χ0v) is 7.00. The highest BCUT2D eigenvalue weighted by Crippen LogP contribution is 2.17. The number of hydrogen-bond donors (Lipinski definition) is 1. The summed E-state index contributed by atoms with van der Waals surface area (Å²) < 4.78 is 12.4. The van der Waals surface area contributed by atoms with Crippen molar-refractivity contribution in [3.05, 3.63) is 42.1 Å². The minimum Gasteiger partial charge on any atom is -0.388 e. The second kappa shape index (κ2) is 4.21. The predicted octanol–water partition coefficient (Wildman–Crippen LogP) is 2.47. The van der Waals surface area contributed by atoms with E-state index in [1.54, 1.807) is 12.1 Å². The second-order valence-corrected chi connectivity index (χ2v) is 2.71. The average Bonchev–Trinajstić information content (AvgIpc) is 2.06. The Bertz CT molecular complexity index is 230. The number of aliphatic hydroxyl groups excluding tert-OH is 1. The van der Waals surface area contributed by atoms with Crippen LogP contribution in [0.4, 0.5) is 4.39 Å². The van der Waals surface area contributed by atoms with Gasteiger partial charge in [0.1, 0.15) is 5.82 Å². The van der Waals surface area contributed by atoms with Gasteiger partial charge in [0.2, 0.25) is 0 Å². The maximum atomic E-state index is 12.4. The fourth-order valence-corrected chi connectivity index (χ4v) is 1.04. The summed E-state index contributed by atoms with van der Waals surface area (Å²) in [4.78, 5) is 0. The van der Waals surface area contributed by atoms with Crippen molar-refractivity contribution in [2.75, 3.05) is 0 Å². The third kappa shape index (κ3) is 2.31. The normalized spacial score (nSPS) is 12.9. The molecule has 0 spiro atoms. The smallest absolute Gasteiger partial charge is 0.123 e. The molecule has 65 valence electrons. The second-order valence-electron chi connectivity index (χ2n) is 2.71. The molecule has 0 saturated carbocycles. The summed E-state index contributed by atoms with van der Waals surface area (Å²) in [6, 6.07) is 5.91. The molecule has 0 aliphatic carbocycles. The van der Waals surface area contributed by atoms with Gasteiger partial charge in [0, 0.05) is 0 Å². The van der Waals surface area contributed by atoms with Crippen LogP contribution in [0.15, 0.2) is 24.3 Å². The van der Waals surface area contributed by atoms with Gasteiger partial charge in [0.25, 0.3) is 0 Å². The molecule has 1 aromatic carbocycles. The van der Waals surface area contributed by atoms with Crippen molar-refractivity contribution in [3.8, 4) is 0 Å². The first-order chi connectivity index (χ1) is 5.74. The van der Waals surface area contributed by atoms with E-state index < -0.39 is 6.10 Å². The molecule has 1 atom stereocenters. The molecule has 1 radical (unpaired) electrons. The molecule has 2 heteroatoms. The maximum absolute atomic E-state index is 12.4. The van der Waals surface area contributed by atoms with E-state index in [-0.39, 0.29) is 5.82 Å². The first-order valence-electron chi connectivity index (χ1n) is 3.95. The Labute approximate surface area is 71.9 Å². The van der Waals surface area contributed by atoms with Crippen LogP contribution >= 0.6 is 0 Å². The summed E-state index contributed by atoms with van der Waals surface area (Å²) in [5, 5.41) is 9.46. The van der Waals surface area contributed by atoms with E-state index in [0.29, 0.717) is 6.42 Å². The third-order valence-corrected chi connectivity index (χ3v) is 1.71. The van der Waals surface area contributed by atoms with Gasteiger partial charge < -0.3 is 5.11 Å². The van der Waals surface area contributed by atoms with Crippen LogP contribution in [-0.2, 0) is 0 Å². The minimum atomic E-state index is -0.504. The molecule has 0 saturated heterocycles. The molecule has 12 heavy (non-hydrogen) atoms. The molecule has 0 aromatic heterocycles. The Kier molecular flexibility index (Phi) is 3.23. The minimum absolute atomic E-state index is 0.272. The van der Waals surface area contributed by atoms with Crippen LogP contribution in [0, 0.1) is 12.2 Å². The van der Waals surface area contributed by atoms with Crippen molar-refractivity contribution in [1.29, 1.82) is 0 Å². The lowest BCUT2D eigenvalue weighted by atomic mass is 10.1. The van der Waals surface area contributed by atoms with E-state index in [0.717, 1.165) is 5.56 Å². The SMILES string of the molecule is C[CH]CC(O)c1ccc(F)cc1. The van der Waals surface area contributed by atoms with E-state index in [1.165, 1.54) is 12.1 Å². The topological polar surface area (TPSA) is 20.2 Å². The van der Waals surface area contributed by atoms with Gasteiger partial charge in [0.15, 0.2) is 0 Å². The highest BCUT2D eigenvalue weighted by Gasteiger charge is 2.04. The predicted molar refractivity (Wildman–Crippen MR) is 46.0 cm³/mol. The first-order valence-corrected chi connectivity index (χ1v) is 3.95. The van der Waals surface area contributed by atoms with Crippen LogP contribution in [0.5, 0.6) is 0 Å². The molecule has 0 aliphatic heterocycles. The van der Waals surface area contributed by atoms with Gasteiger partial charge in [0.05, 0.1) is 6.10 Å². The zero-order valence-electron chi connectivity index (χ0n) is 7.00. The van der Waals surface area contributed by atoms with Crippen molar-refractivity contribution < 1.29 is 9.50 Å². The highest BCUT2D eigenvalue weighted by atomic mass is 19.1. The van der Waals surface area contributed by atoms with Gasteiger partial charge in [-0.1, -0.05) is 19.1 Å². The van der Waals surface area contributed by atoms with Gasteiger partial charge in [-0.25, -0.2) is 4.39 Å². The molecular formula is C10H12FO. The standard InChI is InChI=1S/C10H12FO/c1-2-3-10(12)8-4-6-9(11)7-5-8/h2,4-7,10,12H,3H2,1H3. The fraction of sp³-hybridized carbons (Fsp3) is 0.300.